The number of alkyl halides is 5. The van der Waals surface area contributed by atoms with Crippen LogP contribution in [0.15, 0.2) is 18.5 Å². The first kappa shape index (κ1) is 21.8. The van der Waals surface area contributed by atoms with Gasteiger partial charge >= 0.3 is 6.18 Å². The number of nitrogens with one attached hydrogen (secondary N) is 1. The number of carbonyl (C=O) groups is 1. The fraction of sp³-hybridized carbons (Fsp3) is 0.474. The maximum atomic E-state index is 13.0. The summed E-state index contributed by atoms with van der Waals surface area (Å²) in [5, 5.41) is 2.42. The summed E-state index contributed by atoms with van der Waals surface area (Å²) in [5.74, 6) is -3.73. The molecule has 1 N–H and O–H groups in total. The van der Waals surface area contributed by atoms with Crippen molar-refractivity contribution in [2.45, 2.75) is 51.8 Å². The Morgan fingerprint density at radius 3 is 2.53 bits per heavy atom. The third-order valence-corrected chi connectivity index (χ3v) is 4.53. The number of aryl methyl sites for hydroxylation is 2. The molecular weight excluding hydrogens is 409 g/mol. The smallest absolute Gasteiger partial charge is 0.364 e. The van der Waals surface area contributed by atoms with E-state index in [1.165, 1.54) is 0 Å². The van der Waals surface area contributed by atoms with Crippen LogP contribution in [0.1, 0.15) is 42.4 Å². The van der Waals surface area contributed by atoms with Gasteiger partial charge in [0.1, 0.15) is 5.82 Å². The molecule has 0 spiro atoms. The number of fused-ring (bicyclic) bond motifs is 1. The highest BCUT2D eigenvalue weighted by Crippen LogP contribution is 2.31. The van der Waals surface area contributed by atoms with E-state index in [2.05, 4.69) is 20.3 Å². The Kier molecular flexibility index (Phi) is 5.91. The van der Waals surface area contributed by atoms with Gasteiger partial charge in [-0.25, -0.2) is 18.7 Å². The predicted molar refractivity (Wildman–Crippen MR) is 99.2 cm³/mol. The van der Waals surface area contributed by atoms with Gasteiger partial charge in [0, 0.05) is 6.54 Å². The predicted octanol–water partition coefficient (Wildman–Crippen LogP) is 4.14. The van der Waals surface area contributed by atoms with Gasteiger partial charge in [0.2, 0.25) is 5.91 Å². The Morgan fingerprint density at radius 1 is 1.20 bits per heavy atom. The van der Waals surface area contributed by atoms with Crippen molar-refractivity contribution >= 4 is 17.4 Å². The van der Waals surface area contributed by atoms with Crippen molar-refractivity contribution in [1.82, 2.24) is 15.0 Å². The molecule has 0 aromatic carbocycles. The van der Waals surface area contributed by atoms with E-state index in [-0.39, 0.29) is 12.4 Å². The number of amides is 1. The number of aromatic nitrogens is 3. The van der Waals surface area contributed by atoms with E-state index in [0.29, 0.717) is 43.0 Å². The van der Waals surface area contributed by atoms with Crippen molar-refractivity contribution in [3.05, 3.63) is 41.1 Å². The lowest BCUT2D eigenvalue weighted by Gasteiger charge is -2.31. The molecule has 3 rings (SSSR count). The zero-order chi connectivity index (χ0) is 22.1. The largest absolute Gasteiger partial charge is 0.434 e. The maximum absolute atomic E-state index is 13.0. The molecule has 0 atom stereocenters. The molecule has 6 nitrogen and oxygen atoms in total. The molecule has 30 heavy (non-hydrogen) atoms. The molecule has 0 unspecified atom stereocenters. The van der Waals surface area contributed by atoms with E-state index in [4.69, 9.17) is 0 Å². The van der Waals surface area contributed by atoms with Gasteiger partial charge in [-0.1, -0.05) is 0 Å². The summed E-state index contributed by atoms with van der Waals surface area (Å²) in [6.45, 7) is 3.25. The second kappa shape index (κ2) is 8.11. The van der Waals surface area contributed by atoms with Crippen LogP contribution in [0.4, 0.5) is 33.5 Å². The Bertz CT molecular complexity index is 925. The van der Waals surface area contributed by atoms with Crippen molar-refractivity contribution in [3.8, 4) is 0 Å². The maximum Gasteiger partial charge on any atom is 0.434 e. The lowest BCUT2D eigenvalue weighted by atomic mass is 10.1. The molecule has 0 saturated carbocycles. The topological polar surface area (TPSA) is 71.0 Å². The number of carbonyl (C=O) groups excluding carboxylic acids is 1. The fourth-order valence-corrected chi connectivity index (χ4v) is 3.18. The highest BCUT2D eigenvalue weighted by Gasteiger charge is 2.33. The summed E-state index contributed by atoms with van der Waals surface area (Å²) in [5.41, 5.74) is 1.34. The van der Waals surface area contributed by atoms with E-state index in [1.807, 2.05) is 4.90 Å². The van der Waals surface area contributed by atoms with Crippen molar-refractivity contribution in [3.63, 3.8) is 0 Å². The summed E-state index contributed by atoms with van der Waals surface area (Å²) >= 11 is 0. The van der Waals surface area contributed by atoms with Crippen LogP contribution in [-0.2, 0) is 23.9 Å². The molecule has 1 aliphatic rings. The van der Waals surface area contributed by atoms with Crippen molar-refractivity contribution in [2.75, 3.05) is 16.8 Å². The van der Waals surface area contributed by atoms with Gasteiger partial charge < -0.3 is 10.2 Å². The van der Waals surface area contributed by atoms with Crippen LogP contribution < -0.4 is 10.2 Å². The molecule has 0 radical (unpaired) electrons. The van der Waals surface area contributed by atoms with Gasteiger partial charge in [-0.2, -0.15) is 13.2 Å². The van der Waals surface area contributed by atoms with Crippen LogP contribution in [0.25, 0.3) is 0 Å². The molecule has 2 aromatic rings. The molecule has 11 heteroatoms. The lowest BCUT2D eigenvalue weighted by molar-refractivity contribution is -0.141. The number of hydrogen-bond acceptors (Lipinski definition) is 5. The Morgan fingerprint density at radius 2 is 1.93 bits per heavy atom. The van der Waals surface area contributed by atoms with E-state index < -0.39 is 30.1 Å². The third-order valence-electron chi connectivity index (χ3n) is 4.53. The Balaban J connectivity index is 1.77. The molecule has 0 fully saturated rings. The standard InChI is InChI=1S/C19H20F5N5O/c1-11-6-14-13(27-17(11)28-16(30)7-18(2,20)21)4-3-5-29(14)10-12-8-26-15(9-25-12)19(22,23)24/h6,8-9H,3-5,7,10H2,1-2H3,(H,27,28,30). The zero-order valence-corrected chi connectivity index (χ0v) is 16.4. The van der Waals surface area contributed by atoms with Crippen LogP contribution in [-0.4, -0.2) is 33.3 Å². The number of pyridine rings is 1. The number of rotatable bonds is 5. The average Bonchev–Trinajstić information content (AvgIpc) is 2.61. The van der Waals surface area contributed by atoms with Crippen molar-refractivity contribution < 1.29 is 26.7 Å². The van der Waals surface area contributed by atoms with Gasteiger partial charge in [0.05, 0.1) is 42.4 Å². The molecular formula is C19H20F5N5O. The van der Waals surface area contributed by atoms with Gasteiger partial charge in [0.25, 0.3) is 5.92 Å². The summed E-state index contributed by atoms with van der Waals surface area (Å²) in [6.07, 6.45) is -2.34. The van der Waals surface area contributed by atoms with Crippen LogP contribution >= 0.6 is 0 Å². The summed E-state index contributed by atoms with van der Waals surface area (Å²) in [6, 6.07) is 1.78. The quantitative estimate of drug-likeness (QED) is 0.724. The molecule has 0 bridgehead atoms. The number of anilines is 2. The minimum absolute atomic E-state index is 0.221. The van der Waals surface area contributed by atoms with Gasteiger partial charge in [-0.3, -0.25) is 9.78 Å². The molecule has 1 aliphatic heterocycles. The van der Waals surface area contributed by atoms with E-state index in [0.717, 1.165) is 18.3 Å². The molecule has 1 amide bonds. The molecule has 3 heterocycles. The Labute approximate surface area is 169 Å². The van der Waals surface area contributed by atoms with Crippen molar-refractivity contribution in [1.29, 1.82) is 0 Å². The molecule has 2 aromatic heterocycles. The summed E-state index contributed by atoms with van der Waals surface area (Å²) < 4.78 is 64.0. The lowest BCUT2D eigenvalue weighted by Crippen LogP contribution is -2.30. The van der Waals surface area contributed by atoms with Crippen LogP contribution in [0.3, 0.4) is 0 Å². The normalized spacial score (nSPS) is 14.4. The highest BCUT2D eigenvalue weighted by molar-refractivity contribution is 5.91. The fourth-order valence-electron chi connectivity index (χ4n) is 3.18. The number of hydrogen-bond donors (Lipinski definition) is 1. The monoisotopic (exact) mass is 429 g/mol. The summed E-state index contributed by atoms with van der Waals surface area (Å²) in [4.78, 5) is 25.4. The minimum Gasteiger partial charge on any atom is -0.364 e. The highest BCUT2D eigenvalue weighted by atomic mass is 19.4. The van der Waals surface area contributed by atoms with Gasteiger partial charge in [-0.05, 0) is 38.3 Å². The molecule has 162 valence electrons. The minimum atomic E-state index is -4.55. The van der Waals surface area contributed by atoms with E-state index in [9.17, 15) is 26.7 Å². The van der Waals surface area contributed by atoms with Crippen LogP contribution in [0.2, 0.25) is 0 Å². The number of nitrogens with zero attached hydrogens (tertiary/aromatic N) is 4. The average molecular weight is 429 g/mol. The first-order valence-electron chi connectivity index (χ1n) is 9.23. The SMILES string of the molecule is Cc1cc2c(nc1NC(=O)CC(C)(F)F)CCCN2Cc1cnc(C(F)(F)F)cn1. The van der Waals surface area contributed by atoms with E-state index >= 15 is 0 Å². The van der Waals surface area contributed by atoms with Gasteiger partial charge in [-0.15, -0.1) is 0 Å². The zero-order valence-electron chi connectivity index (χ0n) is 16.4. The first-order valence-corrected chi connectivity index (χ1v) is 9.23. The Hall–Kier alpha value is -2.85. The third kappa shape index (κ3) is 5.39. The van der Waals surface area contributed by atoms with Crippen LogP contribution in [0.5, 0.6) is 0 Å². The van der Waals surface area contributed by atoms with Crippen molar-refractivity contribution in [2.24, 2.45) is 0 Å². The van der Waals surface area contributed by atoms with E-state index in [1.54, 1.807) is 13.0 Å². The first-order chi connectivity index (χ1) is 13.9. The second-order valence-electron chi connectivity index (χ2n) is 7.33. The number of halogens is 5. The molecule has 0 aliphatic carbocycles. The van der Waals surface area contributed by atoms with Gasteiger partial charge in [0.15, 0.2) is 5.69 Å². The van der Waals surface area contributed by atoms with Crippen LogP contribution in [0, 0.1) is 6.92 Å². The molecule has 0 saturated heterocycles. The summed E-state index contributed by atoms with van der Waals surface area (Å²) in [7, 11) is 0. The second-order valence-corrected chi connectivity index (χ2v) is 7.33.